The zero-order chi connectivity index (χ0) is 13.7. The molecule has 0 bridgehead atoms. The molecule has 104 valence electrons. The van der Waals surface area contributed by atoms with Gasteiger partial charge >= 0.3 is 0 Å². The zero-order valence-corrected chi connectivity index (χ0v) is 13.1. The Labute approximate surface area is 128 Å². The molecule has 0 spiro atoms. The lowest BCUT2D eigenvalue weighted by Gasteiger charge is -2.08. The number of hydrogen-bond donors (Lipinski definition) is 1. The molecule has 0 aromatic carbocycles. The highest BCUT2D eigenvalue weighted by Gasteiger charge is 2.36. The van der Waals surface area contributed by atoms with Gasteiger partial charge in [-0.2, -0.15) is 0 Å². The number of rotatable bonds is 4. The average molecular weight is 353 g/mol. The van der Waals surface area contributed by atoms with Gasteiger partial charge in [-0.25, -0.2) is 9.97 Å². The van der Waals surface area contributed by atoms with Gasteiger partial charge < -0.3 is 10.3 Å². The highest BCUT2D eigenvalue weighted by Crippen LogP contribution is 2.47. The molecule has 0 atom stereocenters. The van der Waals surface area contributed by atoms with Crippen LogP contribution in [0.3, 0.4) is 0 Å². The fourth-order valence-corrected chi connectivity index (χ4v) is 3.51. The normalized spacial score (nSPS) is 18.4. The van der Waals surface area contributed by atoms with Crippen LogP contribution in [0.2, 0.25) is 0 Å². The number of anilines is 1. The maximum Gasteiger partial charge on any atom is 0.197 e. The quantitative estimate of drug-likeness (QED) is 0.851. The van der Waals surface area contributed by atoms with Crippen LogP contribution in [0.4, 0.5) is 5.82 Å². The van der Waals surface area contributed by atoms with E-state index in [0.29, 0.717) is 17.8 Å². The summed E-state index contributed by atoms with van der Waals surface area (Å²) >= 11 is 4.94. The summed E-state index contributed by atoms with van der Waals surface area (Å²) in [6.45, 7) is 0. The topological polar surface area (TPSA) is 82.5 Å². The molecule has 0 unspecified atom stereocenters. The molecule has 2 aliphatic carbocycles. The molecule has 2 fully saturated rings. The molecule has 4 rings (SSSR count). The van der Waals surface area contributed by atoms with Gasteiger partial charge in [0.25, 0.3) is 0 Å². The molecule has 2 aliphatic rings. The van der Waals surface area contributed by atoms with E-state index < -0.39 is 0 Å². The fraction of sp³-hybridized carbons (Fsp3) is 0.500. The van der Waals surface area contributed by atoms with Crippen molar-refractivity contribution in [3.05, 3.63) is 16.6 Å². The molecule has 0 saturated heterocycles. The van der Waals surface area contributed by atoms with Crippen LogP contribution in [0.15, 0.2) is 21.0 Å². The van der Waals surface area contributed by atoms with E-state index in [1.165, 1.54) is 43.8 Å². The average Bonchev–Trinajstić information content (AvgIpc) is 3.34. The Kier molecular flexibility index (Phi) is 2.95. The van der Waals surface area contributed by atoms with Gasteiger partial charge in [-0.05, 0) is 53.4 Å². The van der Waals surface area contributed by atoms with E-state index in [0.717, 1.165) is 20.5 Å². The van der Waals surface area contributed by atoms with Crippen LogP contribution in [-0.4, -0.2) is 24.7 Å². The minimum atomic E-state index is 0.447. The number of aromatic nitrogens is 5. The first-order chi connectivity index (χ1) is 9.74. The van der Waals surface area contributed by atoms with Gasteiger partial charge in [-0.1, -0.05) is 0 Å². The second kappa shape index (κ2) is 4.70. The van der Waals surface area contributed by atoms with Crippen LogP contribution in [0, 0.1) is 0 Å². The Hall–Kier alpha value is -1.15. The Morgan fingerprint density at radius 3 is 2.70 bits per heavy atom. The van der Waals surface area contributed by atoms with Crippen LogP contribution in [0.5, 0.6) is 0 Å². The number of hydrogen-bond acceptors (Lipinski definition) is 6. The third-order valence-electron chi connectivity index (χ3n) is 3.52. The molecule has 0 aliphatic heterocycles. The lowest BCUT2D eigenvalue weighted by atomic mass is 10.4. The van der Waals surface area contributed by atoms with Crippen LogP contribution in [0.1, 0.15) is 43.5 Å². The van der Waals surface area contributed by atoms with E-state index in [9.17, 15) is 0 Å². The monoisotopic (exact) mass is 352 g/mol. The molecule has 2 saturated carbocycles. The Bertz CT molecular complexity index is 664. The Balaban J connectivity index is 1.70. The van der Waals surface area contributed by atoms with Gasteiger partial charge in [0.2, 0.25) is 0 Å². The predicted octanol–water partition coefficient (Wildman–Crippen LogP) is 2.78. The number of nitrogen functional groups attached to an aromatic ring is 1. The number of nitrogens with zero attached hydrogens (tertiary/aromatic N) is 5. The standard InChI is InChI=1S/C12H13BrN6S/c13-8-9(14)15-5-16-11(8)20-12-18-17-10(6-1-2-6)19(12)7-3-4-7/h5-7H,1-4H2,(H2,14,15,16). The zero-order valence-electron chi connectivity index (χ0n) is 10.7. The van der Waals surface area contributed by atoms with E-state index in [-0.39, 0.29) is 0 Å². The highest BCUT2D eigenvalue weighted by molar-refractivity contribution is 9.10. The molecule has 2 aromatic heterocycles. The number of nitrogens with two attached hydrogens (primary N) is 1. The van der Waals surface area contributed by atoms with E-state index in [1.807, 2.05) is 0 Å². The Morgan fingerprint density at radius 1 is 1.20 bits per heavy atom. The molecule has 2 aromatic rings. The molecular weight excluding hydrogens is 340 g/mol. The summed E-state index contributed by atoms with van der Waals surface area (Å²) in [4.78, 5) is 8.23. The van der Waals surface area contributed by atoms with Crippen molar-refractivity contribution < 1.29 is 0 Å². The van der Waals surface area contributed by atoms with Crippen molar-refractivity contribution in [2.45, 2.75) is 47.8 Å². The molecule has 2 heterocycles. The van der Waals surface area contributed by atoms with E-state index in [2.05, 4.69) is 40.7 Å². The van der Waals surface area contributed by atoms with Crippen molar-refractivity contribution in [1.29, 1.82) is 0 Å². The van der Waals surface area contributed by atoms with Gasteiger partial charge in [-0.3, -0.25) is 0 Å². The smallest absolute Gasteiger partial charge is 0.197 e. The molecule has 8 heteroatoms. The molecule has 20 heavy (non-hydrogen) atoms. The second-order valence-electron chi connectivity index (χ2n) is 5.20. The summed E-state index contributed by atoms with van der Waals surface area (Å²) < 4.78 is 3.02. The van der Waals surface area contributed by atoms with E-state index in [4.69, 9.17) is 5.73 Å². The SMILES string of the molecule is Nc1ncnc(Sc2nnc(C3CC3)n2C2CC2)c1Br. The summed E-state index contributed by atoms with van der Waals surface area (Å²) in [5.41, 5.74) is 5.79. The maximum absolute atomic E-state index is 5.79. The largest absolute Gasteiger partial charge is 0.383 e. The minimum Gasteiger partial charge on any atom is -0.383 e. The van der Waals surface area contributed by atoms with Crippen molar-refractivity contribution in [3.8, 4) is 0 Å². The van der Waals surface area contributed by atoms with Gasteiger partial charge in [0.1, 0.15) is 23.0 Å². The van der Waals surface area contributed by atoms with Crippen molar-refractivity contribution in [2.75, 3.05) is 5.73 Å². The molecule has 0 amide bonds. The summed E-state index contributed by atoms with van der Waals surface area (Å²) in [5, 5.41) is 10.4. The highest BCUT2D eigenvalue weighted by atomic mass is 79.9. The Morgan fingerprint density at radius 2 is 2.00 bits per heavy atom. The predicted molar refractivity (Wildman–Crippen MR) is 78.5 cm³/mol. The van der Waals surface area contributed by atoms with Crippen molar-refractivity contribution in [3.63, 3.8) is 0 Å². The van der Waals surface area contributed by atoms with Gasteiger partial charge in [0, 0.05) is 12.0 Å². The molecular formula is C12H13BrN6S. The minimum absolute atomic E-state index is 0.447. The lowest BCUT2D eigenvalue weighted by Crippen LogP contribution is -2.02. The van der Waals surface area contributed by atoms with Crippen LogP contribution < -0.4 is 5.73 Å². The second-order valence-corrected chi connectivity index (χ2v) is 6.95. The van der Waals surface area contributed by atoms with Crippen LogP contribution >= 0.6 is 27.7 Å². The van der Waals surface area contributed by atoms with Crippen molar-refractivity contribution in [1.82, 2.24) is 24.7 Å². The summed E-state index contributed by atoms with van der Waals surface area (Å²) in [6, 6.07) is 0.570. The van der Waals surface area contributed by atoms with Gasteiger partial charge in [0.05, 0.1) is 4.47 Å². The fourth-order valence-electron chi connectivity index (χ4n) is 2.18. The third kappa shape index (κ3) is 2.20. The first kappa shape index (κ1) is 12.6. The third-order valence-corrected chi connectivity index (χ3v) is 5.53. The van der Waals surface area contributed by atoms with E-state index >= 15 is 0 Å². The van der Waals surface area contributed by atoms with Gasteiger partial charge in [-0.15, -0.1) is 10.2 Å². The molecule has 2 N–H and O–H groups in total. The molecule has 0 radical (unpaired) electrons. The van der Waals surface area contributed by atoms with E-state index in [1.54, 1.807) is 0 Å². The summed E-state index contributed by atoms with van der Waals surface area (Å²) in [5.74, 6) is 2.20. The lowest BCUT2D eigenvalue weighted by molar-refractivity contribution is 0.626. The number of halogens is 1. The molecule has 6 nitrogen and oxygen atoms in total. The van der Waals surface area contributed by atoms with Crippen LogP contribution in [0.25, 0.3) is 0 Å². The summed E-state index contributed by atoms with van der Waals surface area (Å²) in [6.07, 6.45) is 6.39. The first-order valence-electron chi connectivity index (χ1n) is 6.62. The summed E-state index contributed by atoms with van der Waals surface area (Å²) in [7, 11) is 0. The maximum atomic E-state index is 5.79. The van der Waals surface area contributed by atoms with Crippen LogP contribution in [-0.2, 0) is 0 Å². The van der Waals surface area contributed by atoms with Crippen molar-refractivity contribution >= 4 is 33.5 Å². The first-order valence-corrected chi connectivity index (χ1v) is 8.23. The van der Waals surface area contributed by atoms with Crippen molar-refractivity contribution in [2.24, 2.45) is 0 Å². The van der Waals surface area contributed by atoms with Gasteiger partial charge in [0.15, 0.2) is 5.16 Å².